The third kappa shape index (κ3) is 4.24. The number of carbonyl (C=O) groups excluding carboxylic acids is 2. The van der Waals surface area contributed by atoms with E-state index in [-0.39, 0.29) is 10.6 Å². The first-order chi connectivity index (χ1) is 11.4. The standard InChI is InChI=1S/C15H14N4O3S2/c1-8-5-10(23-7-16)3-4-11(8)18-12(20)6-22-15(21)13-9(2)19-24-14(13)17/h3-5H,6,17H2,1-2H3,(H,18,20). The van der Waals surface area contributed by atoms with Crippen LogP contribution < -0.4 is 11.1 Å². The topological polar surface area (TPSA) is 118 Å². The molecule has 0 saturated heterocycles. The van der Waals surface area contributed by atoms with E-state index in [1.165, 1.54) is 0 Å². The van der Waals surface area contributed by atoms with E-state index in [0.29, 0.717) is 11.4 Å². The molecule has 1 aromatic heterocycles. The Morgan fingerprint density at radius 2 is 2.21 bits per heavy atom. The number of esters is 1. The Balaban J connectivity index is 1.94. The zero-order chi connectivity index (χ0) is 17.7. The third-order valence-electron chi connectivity index (χ3n) is 3.06. The van der Waals surface area contributed by atoms with Crippen molar-refractivity contribution in [3.05, 3.63) is 35.0 Å². The third-order valence-corrected chi connectivity index (χ3v) is 4.41. The molecule has 0 bridgehead atoms. The smallest absolute Gasteiger partial charge is 0.343 e. The molecule has 1 aromatic carbocycles. The first kappa shape index (κ1) is 17.8. The maximum Gasteiger partial charge on any atom is 0.343 e. The van der Waals surface area contributed by atoms with Gasteiger partial charge in [0.2, 0.25) is 0 Å². The van der Waals surface area contributed by atoms with Crippen LogP contribution in [0, 0.1) is 24.5 Å². The van der Waals surface area contributed by atoms with Crippen molar-refractivity contribution in [2.45, 2.75) is 18.7 Å². The molecule has 1 heterocycles. The highest BCUT2D eigenvalue weighted by Gasteiger charge is 2.19. The molecule has 9 heteroatoms. The van der Waals surface area contributed by atoms with Gasteiger partial charge in [0, 0.05) is 10.6 Å². The number of thioether (sulfide) groups is 1. The van der Waals surface area contributed by atoms with Crippen LogP contribution in [0.15, 0.2) is 23.1 Å². The van der Waals surface area contributed by atoms with Crippen LogP contribution in [0.1, 0.15) is 21.6 Å². The summed E-state index contributed by atoms with van der Waals surface area (Å²) in [4.78, 5) is 24.7. The molecule has 124 valence electrons. The fourth-order valence-electron chi connectivity index (χ4n) is 1.92. The second kappa shape index (κ2) is 7.81. The maximum atomic E-state index is 11.9. The molecule has 0 radical (unpaired) electrons. The fourth-order valence-corrected chi connectivity index (χ4v) is 3.04. The molecule has 3 N–H and O–H groups in total. The molecule has 0 aliphatic rings. The largest absolute Gasteiger partial charge is 0.452 e. The van der Waals surface area contributed by atoms with Crippen LogP contribution in [-0.2, 0) is 9.53 Å². The van der Waals surface area contributed by atoms with Crippen LogP contribution in [-0.4, -0.2) is 22.9 Å². The van der Waals surface area contributed by atoms with Gasteiger partial charge in [-0.2, -0.15) is 9.64 Å². The maximum absolute atomic E-state index is 11.9. The fraction of sp³-hybridized carbons (Fsp3) is 0.200. The quantitative estimate of drug-likeness (QED) is 0.477. The van der Waals surface area contributed by atoms with Crippen LogP contribution in [0.5, 0.6) is 0 Å². The number of aromatic nitrogens is 1. The van der Waals surface area contributed by atoms with Crippen LogP contribution in [0.4, 0.5) is 10.7 Å². The van der Waals surface area contributed by atoms with E-state index >= 15 is 0 Å². The Kier molecular flexibility index (Phi) is 5.78. The number of hydrogen-bond donors (Lipinski definition) is 2. The van der Waals surface area contributed by atoms with Crippen molar-refractivity contribution in [2.75, 3.05) is 17.7 Å². The lowest BCUT2D eigenvalue weighted by Crippen LogP contribution is -2.21. The van der Waals surface area contributed by atoms with E-state index in [9.17, 15) is 9.59 Å². The van der Waals surface area contributed by atoms with Gasteiger partial charge in [-0.05, 0) is 60.9 Å². The number of nitrogens with one attached hydrogen (secondary N) is 1. The van der Waals surface area contributed by atoms with E-state index < -0.39 is 18.5 Å². The monoisotopic (exact) mass is 362 g/mol. The summed E-state index contributed by atoms with van der Waals surface area (Å²) in [6.07, 6.45) is 0. The van der Waals surface area contributed by atoms with Crippen LogP contribution in [0.3, 0.4) is 0 Å². The Bertz CT molecular complexity index is 807. The number of nitrogens with two attached hydrogens (primary N) is 1. The number of nitriles is 1. The van der Waals surface area contributed by atoms with Gasteiger partial charge in [0.15, 0.2) is 6.61 Å². The number of thiocyanates is 1. The number of benzene rings is 1. The predicted octanol–water partition coefficient (Wildman–Crippen LogP) is 2.71. The zero-order valence-corrected chi connectivity index (χ0v) is 14.6. The van der Waals surface area contributed by atoms with Crippen LogP contribution in [0.2, 0.25) is 0 Å². The van der Waals surface area contributed by atoms with E-state index in [0.717, 1.165) is 33.8 Å². The first-order valence-corrected chi connectivity index (χ1v) is 8.36. The zero-order valence-electron chi connectivity index (χ0n) is 13.0. The molecule has 24 heavy (non-hydrogen) atoms. The van der Waals surface area contributed by atoms with E-state index in [1.54, 1.807) is 25.1 Å². The summed E-state index contributed by atoms with van der Waals surface area (Å²) in [6.45, 7) is 3.03. The van der Waals surface area contributed by atoms with Gasteiger partial charge in [0.25, 0.3) is 5.91 Å². The number of hydrogen-bond acceptors (Lipinski definition) is 8. The number of amides is 1. The summed E-state index contributed by atoms with van der Waals surface area (Å²) >= 11 is 2.04. The van der Waals surface area contributed by atoms with Gasteiger partial charge in [-0.1, -0.05) is 0 Å². The molecule has 0 unspecified atom stereocenters. The number of aryl methyl sites for hydroxylation is 2. The highest BCUT2D eigenvalue weighted by Crippen LogP contribution is 2.24. The highest BCUT2D eigenvalue weighted by atomic mass is 32.2. The van der Waals surface area contributed by atoms with Crippen molar-refractivity contribution in [2.24, 2.45) is 0 Å². The summed E-state index contributed by atoms with van der Waals surface area (Å²) in [6, 6.07) is 5.21. The SMILES string of the molecule is Cc1cc(SC#N)ccc1NC(=O)COC(=O)c1c(C)nsc1N. The molecule has 0 aliphatic carbocycles. The molecule has 0 aliphatic heterocycles. The normalized spacial score (nSPS) is 10.0. The van der Waals surface area contributed by atoms with Gasteiger partial charge < -0.3 is 15.8 Å². The summed E-state index contributed by atoms with van der Waals surface area (Å²) in [5, 5.41) is 13.6. The van der Waals surface area contributed by atoms with E-state index in [2.05, 4.69) is 9.69 Å². The minimum Gasteiger partial charge on any atom is -0.452 e. The molecule has 2 aromatic rings. The average molecular weight is 362 g/mol. The summed E-state index contributed by atoms with van der Waals surface area (Å²) in [5.41, 5.74) is 7.72. The average Bonchev–Trinajstić information content (AvgIpc) is 2.87. The molecule has 7 nitrogen and oxygen atoms in total. The number of rotatable bonds is 5. The van der Waals surface area contributed by atoms with Crippen molar-refractivity contribution in [1.29, 1.82) is 5.26 Å². The minimum atomic E-state index is -0.675. The lowest BCUT2D eigenvalue weighted by molar-refractivity contribution is -0.119. The summed E-state index contributed by atoms with van der Waals surface area (Å²) in [5.74, 6) is -1.14. The molecule has 0 spiro atoms. The second-order valence-corrected chi connectivity index (χ2v) is 6.46. The van der Waals surface area contributed by atoms with Crippen LogP contribution in [0.25, 0.3) is 0 Å². The van der Waals surface area contributed by atoms with Gasteiger partial charge >= 0.3 is 5.97 Å². The van der Waals surface area contributed by atoms with Gasteiger partial charge in [-0.15, -0.1) is 0 Å². The first-order valence-electron chi connectivity index (χ1n) is 6.77. The van der Waals surface area contributed by atoms with Crippen molar-refractivity contribution in [3.8, 4) is 5.40 Å². The lowest BCUT2D eigenvalue weighted by Gasteiger charge is -2.09. The molecule has 2 rings (SSSR count). The van der Waals surface area contributed by atoms with Crippen molar-refractivity contribution in [3.63, 3.8) is 0 Å². The van der Waals surface area contributed by atoms with Crippen molar-refractivity contribution in [1.82, 2.24) is 4.37 Å². The number of ether oxygens (including phenoxy) is 1. The van der Waals surface area contributed by atoms with Crippen molar-refractivity contribution >= 4 is 45.9 Å². The number of carbonyl (C=O) groups is 2. The number of nitrogen functional groups attached to an aromatic ring is 1. The van der Waals surface area contributed by atoms with Gasteiger partial charge in [-0.3, -0.25) is 4.79 Å². The molecular weight excluding hydrogens is 348 g/mol. The Morgan fingerprint density at radius 3 is 2.79 bits per heavy atom. The van der Waals surface area contributed by atoms with E-state index in [4.69, 9.17) is 15.7 Å². The lowest BCUT2D eigenvalue weighted by atomic mass is 10.2. The Hall–Kier alpha value is -2.57. The Labute approximate surface area is 147 Å². The van der Waals surface area contributed by atoms with Gasteiger partial charge in [-0.25, -0.2) is 4.79 Å². The van der Waals surface area contributed by atoms with Gasteiger partial charge in [0.1, 0.15) is 16.0 Å². The predicted molar refractivity (Wildman–Crippen MR) is 92.8 cm³/mol. The summed E-state index contributed by atoms with van der Waals surface area (Å²) in [7, 11) is 0. The highest BCUT2D eigenvalue weighted by molar-refractivity contribution is 8.03. The van der Waals surface area contributed by atoms with Gasteiger partial charge in [0.05, 0.1) is 5.69 Å². The molecule has 0 atom stereocenters. The molecular formula is C15H14N4O3S2. The number of nitrogens with zero attached hydrogens (tertiary/aromatic N) is 2. The molecule has 0 saturated carbocycles. The van der Waals surface area contributed by atoms with Crippen LogP contribution >= 0.6 is 23.3 Å². The minimum absolute atomic E-state index is 0.196. The molecule has 1 amide bonds. The summed E-state index contributed by atoms with van der Waals surface area (Å²) < 4.78 is 8.93. The molecule has 0 fully saturated rings. The van der Waals surface area contributed by atoms with Crippen molar-refractivity contribution < 1.29 is 14.3 Å². The second-order valence-electron chi connectivity index (χ2n) is 4.80. The van der Waals surface area contributed by atoms with E-state index in [1.807, 2.05) is 12.3 Å². The Morgan fingerprint density at radius 1 is 1.46 bits per heavy atom. The number of anilines is 2.